The van der Waals surface area contributed by atoms with E-state index in [-0.39, 0.29) is 11.8 Å². The van der Waals surface area contributed by atoms with Crippen LogP contribution in [0.2, 0.25) is 5.15 Å². The van der Waals surface area contributed by atoms with Gasteiger partial charge in [-0.1, -0.05) is 47.5 Å². The highest BCUT2D eigenvalue weighted by Gasteiger charge is 2.21. The van der Waals surface area contributed by atoms with Gasteiger partial charge in [-0.25, -0.2) is 4.98 Å². The van der Waals surface area contributed by atoms with Gasteiger partial charge in [0.1, 0.15) is 5.15 Å². The van der Waals surface area contributed by atoms with Crippen LogP contribution in [0, 0.1) is 6.92 Å². The van der Waals surface area contributed by atoms with Crippen molar-refractivity contribution < 1.29 is 9.59 Å². The molecular formula is C25H24ClN3O2. The second kappa shape index (κ2) is 9.31. The normalized spacial score (nSPS) is 13.3. The third-order valence-corrected chi connectivity index (χ3v) is 5.69. The zero-order valence-corrected chi connectivity index (χ0v) is 18.2. The largest absolute Gasteiger partial charge is 0.348 e. The zero-order valence-electron chi connectivity index (χ0n) is 17.4. The summed E-state index contributed by atoms with van der Waals surface area (Å²) in [5, 5.41) is 3.32. The van der Waals surface area contributed by atoms with Crippen LogP contribution in [-0.2, 0) is 6.54 Å². The number of aromatic nitrogens is 1. The molecule has 2 aromatic carbocycles. The first-order valence-corrected chi connectivity index (χ1v) is 10.8. The molecule has 3 aromatic rings. The molecule has 2 heterocycles. The van der Waals surface area contributed by atoms with Gasteiger partial charge in [0.05, 0.1) is 0 Å². The van der Waals surface area contributed by atoms with Crippen LogP contribution >= 0.6 is 11.6 Å². The highest BCUT2D eigenvalue weighted by atomic mass is 35.5. The van der Waals surface area contributed by atoms with E-state index in [4.69, 9.17) is 11.6 Å². The number of rotatable bonds is 5. The third kappa shape index (κ3) is 5.12. The van der Waals surface area contributed by atoms with E-state index in [1.54, 1.807) is 18.3 Å². The van der Waals surface area contributed by atoms with Crippen molar-refractivity contribution >= 4 is 23.4 Å². The van der Waals surface area contributed by atoms with E-state index in [0.717, 1.165) is 48.2 Å². The Morgan fingerprint density at radius 3 is 2.35 bits per heavy atom. The van der Waals surface area contributed by atoms with E-state index < -0.39 is 0 Å². The molecule has 0 unspecified atom stereocenters. The van der Waals surface area contributed by atoms with Gasteiger partial charge in [-0.05, 0) is 60.7 Å². The Hall–Kier alpha value is -3.18. The van der Waals surface area contributed by atoms with Gasteiger partial charge >= 0.3 is 0 Å². The van der Waals surface area contributed by atoms with Crippen LogP contribution in [0.15, 0.2) is 60.8 Å². The van der Waals surface area contributed by atoms with Gasteiger partial charge in [-0.15, -0.1) is 0 Å². The Bertz CT molecular complexity index is 1090. The van der Waals surface area contributed by atoms with Crippen molar-refractivity contribution in [1.82, 2.24) is 15.2 Å². The molecular weight excluding hydrogens is 410 g/mol. The van der Waals surface area contributed by atoms with E-state index in [2.05, 4.69) is 10.3 Å². The summed E-state index contributed by atoms with van der Waals surface area (Å²) in [6.07, 6.45) is 3.67. The maximum Gasteiger partial charge on any atom is 0.253 e. The van der Waals surface area contributed by atoms with Crippen LogP contribution in [0.5, 0.6) is 0 Å². The number of aryl methyl sites for hydroxylation is 1. The summed E-state index contributed by atoms with van der Waals surface area (Å²) in [5.41, 5.74) is 4.82. The number of likely N-dealkylation sites (tertiary alicyclic amines) is 1. The first kappa shape index (κ1) is 21.1. The summed E-state index contributed by atoms with van der Waals surface area (Å²) in [4.78, 5) is 31.9. The summed E-state index contributed by atoms with van der Waals surface area (Å²) in [6.45, 7) is 3.88. The Balaban J connectivity index is 1.63. The standard InChI is InChI=1S/C25H24ClN3O2/c1-17-4-7-19(8-5-17)20-12-21(14-22(13-20)25(31)29-10-2-3-11-29)24(30)28-16-18-6-9-23(26)27-15-18/h4-9,12-15H,2-3,10-11,16H2,1H3,(H,28,30). The fraction of sp³-hybridized carbons (Fsp3) is 0.240. The number of hydrogen-bond acceptors (Lipinski definition) is 3. The Morgan fingerprint density at radius 1 is 0.968 bits per heavy atom. The topological polar surface area (TPSA) is 62.3 Å². The number of pyridine rings is 1. The highest BCUT2D eigenvalue weighted by molar-refractivity contribution is 6.29. The number of carbonyl (C=O) groups is 2. The molecule has 1 aromatic heterocycles. The van der Waals surface area contributed by atoms with Crippen LogP contribution in [0.25, 0.3) is 11.1 Å². The lowest BCUT2D eigenvalue weighted by Gasteiger charge is -2.17. The molecule has 31 heavy (non-hydrogen) atoms. The average Bonchev–Trinajstić information content (AvgIpc) is 3.33. The van der Waals surface area contributed by atoms with Gasteiger partial charge in [0.15, 0.2) is 0 Å². The van der Waals surface area contributed by atoms with E-state index in [9.17, 15) is 9.59 Å². The SMILES string of the molecule is Cc1ccc(-c2cc(C(=O)NCc3ccc(Cl)nc3)cc(C(=O)N3CCCC3)c2)cc1. The van der Waals surface area contributed by atoms with Crippen molar-refractivity contribution in [2.45, 2.75) is 26.3 Å². The number of amides is 2. The van der Waals surface area contributed by atoms with E-state index >= 15 is 0 Å². The summed E-state index contributed by atoms with van der Waals surface area (Å²) in [6, 6.07) is 17.0. The van der Waals surface area contributed by atoms with Crippen molar-refractivity contribution in [2.75, 3.05) is 13.1 Å². The van der Waals surface area contributed by atoms with Gasteiger partial charge in [-0.3, -0.25) is 9.59 Å². The fourth-order valence-corrected chi connectivity index (χ4v) is 3.80. The second-order valence-electron chi connectivity index (χ2n) is 7.84. The Morgan fingerprint density at radius 2 is 1.68 bits per heavy atom. The molecule has 1 aliphatic rings. The zero-order chi connectivity index (χ0) is 21.8. The van der Waals surface area contributed by atoms with E-state index in [1.165, 1.54) is 0 Å². The van der Waals surface area contributed by atoms with Crippen molar-refractivity contribution in [3.05, 3.63) is 88.2 Å². The first-order chi connectivity index (χ1) is 15.0. The lowest BCUT2D eigenvalue weighted by Crippen LogP contribution is -2.28. The third-order valence-electron chi connectivity index (χ3n) is 5.46. The minimum atomic E-state index is -0.237. The van der Waals surface area contributed by atoms with Gasteiger partial charge in [0.25, 0.3) is 11.8 Å². The number of halogens is 1. The molecule has 0 bridgehead atoms. The second-order valence-corrected chi connectivity index (χ2v) is 8.22. The molecule has 0 aliphatic carbocycles. The summed E-state index contributed by atoms with van der Waals surface area (Å²) < 4.78 is 0. The molecule has 2 amide bonds. The number of nitrogens with zero attached hydrogens (tertiary/aromatic N) is 2. The van der Waals surface area contributed by atoms with Gasteiger partial charge in [-0.2, -0.15) is 0 Å². The quantitative estimate of drug-likeness (QED) is 0.583. The lowest BCUT2D eigenvalue weighted by molar-refractivity contribution is 0.0793. The summed E-state index contributed by atoms with van der Waals surface area (Å²) in [7, 11) is 0. The van der Waals surface area contributed by atoms with Crippen LogP contribution in [-0.4, -0.2) is 34.8 Å². The predicted octanol–water partition coefficient (Wildman–Crippen LogP) is 4.88. The smallest absolute Gasteiger partial charge is 0.253 e. The number of hydrogen-bond donors (Lipinski definition) is 1. The minimum absolute atomic E-state index is 0.0255. The van der Waals surface area contributed by atoms with Crippen molar-refractivity contribution in [3.8, 4) is 11.1 Å². The van der Waals surface area contributed by atoms with Crippen LogP contribution < -0.4 is 5.32 Å². The number of benzene rings is 2. The molecule has 0 atom stereocenters. The van der Waals surface area contributed by atoms with Crippen molar-refractivity contribution in [3.63, 3.8) is 0 Å². The van der Waals surface area contributed by atoms with Crippen LogP contribution in [0.3, 0.4) is 0 Å². The first-order valence-electron chi connectivity index (χ1n) is 10.4. The van der Waals surface area contributed by atoms with E-state index in [1.807, 2.05) is 54.3 Å². The molecule has 0 radical (unpaired) electrons. The molecule has 4 rings (SSSR count). The average molecular weight is 434 g/mol. The molecule has 6 heteroatoms. The highest BCUT2D eigenvalue weighted by Crippen LogP contribution is 2.25. The molecule has 1 N–H and O–H groups in total. The molecule has 0 spiro atoms. The summed E-state index contributed by atoms with van der Waals surface area (Å²) in [5.74, 6) is -0.262. The summed E-state index contributed by atoms with van der Waals surface area (Å²) >= 11 is 5.82. The maximum absolute atomic E-state index is 13.0. The lowest BCUT2D eigenvalue weighted by atomic mass is 9.98. The molecule has 158 valence electrons. The Kier molecular flexibility index (Phi) is 6.33. The molecule has 1 aliphatic heterocycles. The maximum atomic E-state index is 13.0. The van der Waals surface area contributed by atoms with Gasteiger partial charge in [0.2, 0.25) is 0 Å². The monoisotopic (exact) mass is 433 g/mol. The Labute approximate surface area is 187 Å². The van der Waals surface area contributed by atoms with Crippen LogP contribution in [0.4, 0.5) is 0 Å². The van der Waals surface area contributed by atoms with E-state index in [0.29, 0.717) is 22.8 Å². The minimum Gasteiger partial charge on any atom is -0.348 e. The van der Waals surface area contributed by atoms with Gasteiger partial charge in [0, 0.05) is 37.0 Å². The molecule has 0 saturated carbocycles. The van der Waals surface area contributed by atoms with Crippen molar-refractivity contribution in [2.24, 2.45) is 0 Å². The van der Waals surface area contributed by atoms with Crippen molar-refractivity contribution in [1.29, 1.82) is 0 Å². The predicted molar refractivity (Wildman–Crippen MR) is 122 cm³/mol. The fourth-order valence-electron chi connectivity index (χ4n) is 3.69. The number of nitrogens with one attached hydrogen (secondary N) is 1. The van der Waals surface area contributed by atoms with Crippen LogP contribution in [0.1, 0.15) is 44.7 Å². The molecule has 1 fully saturated rings. The van der Waals surface area contributed by atoms with Gasteiger partial charge < -0.3 is 10.2 Å². The number of carbonyl (C=O) groups excluding carboxylic acids is 2. The molecule has 5 nitrogen and oxygen atoms in total. The molecule has 1 saturated heterocycles.